The van der Waals surface area contributed by atoms with Gasteiger partial charge in [-0.05, 0) is 24.3 Å². The molecular weight excluding hydrogens is 282 g/mol. The third-order valence-corrected chi connectivity index (χ3v) is 2.91. The fraction of sp³-hybridized carbons (Fsp3) is 0. The third-order valence-electron chi connectivity index (χ3n) is 2.68. The van der Waals surface area contributed by atoms with Gasteiger partial charge in [-0.15, -0.1) is 4.73 Å². The van der Waals surface area contributed by atoms with E-state index in [1.165, 1.54) is 12.1 Å². The summed E-state index contributed by atoms with van der Waals surface area (Å²) in [5.41, 5.74) is 1.03. The summed E-state index contributed by atoms with van der Waals surface area (Å²) in [6, 6.07) is 7.95. The quantitative estimate of drug-likeness (QED) is 0.557. The van der Waals surface area contributed by atoms with E-state index in [9.17, 15) is 10.1 Å². The van der Waals surface area contributed by atoms with Gasteiger partial charge in [-0.25, -0.2) is 0 Å². The van der Waals surface area contributed by atoms with Gasteiger partial charge in [0, 0.05) is 17.3 Å². The Morgan fingerprint density at radius 1 is 1.35 bits per heavy atom. The van der Waals surface area contributed by atoms with Crippen LogP contribution in [0.25, 0.3) is 11.0 Å². The zero-order chi connectivity index (χ0) is 14.1. The van der Waals surface area contributed by atoms with Gasteiger partial charge in [0.1, 0.15) is 0 Å². The summed E-state index contributed by atoms with van der Waals surface area (Å²) in [6.45, 7) is 0. The maximum Gasteiger partial charge on any atom is 0.322 e. The number of aromatic nitrogens is 4. The number of halogens is 1. The first kappa shape index (κ1) is 12.4. The average Bonchev–Trinajstić information content (AvgIpc) is 2.45. The summed E-state index contributed by atoms with van der Waals surface area (Å²) < 4.78 is 1.18. The van der Waals surface area contributed by atoms with E-state index < -0.39 is 0 Å². The lowest BCUT2D eigenvalue weighted by atomic mass is 10.3. The van der Waals surface area contributed by atoms with Crippen LogP contribution in [0, 0.1) is 4.91 Å². The lowest BCUT2D eigenvalue weighted by Crippen LogP contribution is -2.25. The van der Waals surface area contributed by atoms with Crippen LogP contribution in [-0.2, 0) is 0 Å². The first-order valence-corrected chi connectivity index (χ1v) is 6.04. The van der Waals surface area contributed by atoms with Gasteiger partial charge in [-0.2, -0.15) is 0 Å². The highest BCUT2D eigenvalue weighted by atomic mass is 35.5. The molecule has 0 aliphatic rings. The Morgan fingerprint density at radius 3 is 2.95 bits per heavy atom. The van der Waals surface area contributed by atoms with Crippen LogP contribution in [0.15, 0.2) is 42.7 Å². The Morgan fingerprint density at radius 2 is 2.20 bits per heavy atom. The molecule has 3 rings (SSSR count). The molecule has 0 spiro atoms. The average molecular weight is 291 g/mol. The topological polar surface area (TPSA) is 85.9 Å². The van der Waals surface area contributed by atoms with Crippen LogP contribution >= 0.6 is 11.6 Å². The first-order chi connectivity index (χ1) is 9.65. The second kappa shape index (κ2) is 4.78. The molecule has 0 aliphatic carbocycles. The number of fused-ring (bicyclic) bond motifs is 1. The molecule has 3 aromatic rings. The summed E-state index contributed by atoms with van der Waals surface area (Å²) in [4.78, 5) is 15.8. The Hall–Kier alpha value is -2.67. The number of anilines is 2. The van der Waals surface area contributed by atoms with Crippen molar-refractivity contribution in [2.75, 3.05) is 5.32 Å². The molecule has 0 fully saturated rings. The Balaban J connectivity index is 2.17. The third kappa shape index (κ3) is 2.14. The van der Waals surface area contributed by atoms with Crippen molar-refractivity contribution >= 4 is 34.3 Å². The zero-order valence-corrected chi connectivity index (χ0v) is 10.8. The van der Waals surface area contributed by atoms with Crippen molar-refractivity contribution < 1.29 is 9.75 Å². The van der Waals surface area contributed by atoms with Crippen molar-refractivity contribution in [3.05, 3.63) is 52.7 Å². The summed E-state index contributed by atoms with van der Waals surface area (Å²) in [6.07, 6.45) is 3.15. The predicted molar refractivity (Wildman–Crippen MR) is 72.8 cm³/mol. The molecule has 2 N–H and O–H groups in total. The van der Waals surface area contributed by atoms with Gasteiger partial charge < -0.3 is 10.5 Å². The van der Waals surface area contributed by atoms with Crippen LogP contribution in [0.4, 0.5) is 11.6 Å². The molecule has 0 aliphatic heterocycles. The van der Waals surface area contributed by atoms with Crippen molar-refractivity contribution in [2.24, 2.45) is 0 Å². The molecule has 0 amide bonds. The number of nitrogens with zero attached hydrogens (tertiary/aromatic N) is 4. The smallest absolute Gasteiger partial charge is 0.322 e. The number of benzene rings is 1. The predicted octanol–water partition coefficient (Wildman–Crippen LogP) is 1.98. The Kier molecular flexibility index (Phi) is 2.96. The molecule has 0 saturated carbocycles. The van der Waals surface area contributed by atoms with Gasteiger partial charge in [-0.3, -0.25) is 4.98 Å². The van der Waals surface area contributed by atoms with Crippen LogP contribution in [-0.4, -0.2) is 20.0 Å². The van der Waals surface area contributed by atoms with Gasteiger partial charge in [0.15, 0.2) is 10.1 Å². The Bertz CT molecular complexity index is 834. The van der Waals surface area contributed by atoms with Crippen LogP contribution in [0.1, 0.15) is 0 Å². The SMILES string of the molecule is O=[n+]1nc(Nc2cccnc2)n(O)c2cc(Cl)ccc21. The fourth-order valence-corrected chi connectivity index (χ4v) is 1.93. The van der Waals surface area contributed by atoms with E-state index in [2.05, 4.69) is 15.4 Å². The molecule has 2 aromatic heterocycles. The second-order valence-corrected chi connectivity index (χ2v) is 4.44. The monoisotopic (exact) mass is 290 g/mol. The van der Waals surface area contributed by atoms with Gasteiger partial charge in [0.2, 0.25) is 0 Å². The van der Waals surface area contributed by atoms with Crippen molar-refractivity contribution in [2.45, 2.75) is 0 Å². The van der Waals surface area contributed by atoms with Crippen molar-refractivity contribution in [3.63, 3.8) is 0 Å². The minimum absolute atomic E-state index is 0.0391. The molecule has 8 heteroatoms. The van der Waals surface area contributed by atoms with E-state index in [0.29, 0.717) is 15.3 Å². The van der Waals surface area contributed by atoms with E-state index in [4.69, 9.17) is 11.6 Å². The number of hydrogen-bond acceptors (Lipinski definition) is 5. The van der Waals surface area contributed by atoms with E-state index >= 15 is 0 Å². The van der Waals surface area contributed by atoms with Gasteiger partial charge >= 0.3 is 11.5 Å². The van der Waals surface area contributed by atoms with Gasteiger partial charge in [0.25, 0.3) is 0 Å². The number of rotatable bonds is 2. The summed E-state index contributed by atoms with van der Waals surface area (Å²) in [5, 5.41) is 17.0. The molecule has 2 heterocycles. The van der Waals surface area contributed by atoms with E-state index in [0.717, 1.165) is 4.73 Å². The lowest BCUT2D eigenvalue weighted by molar-refractivity contribution is -0.535. The lowest BCUT2D eigenvalue weighted by Gasteiger charge is -2.06. The Labute approximate surface area is 117 Å². The highest BCUT2D eigenvalue weighted by molar-refractivity contribution is 6.31. The van der Waals surface area contributed by atoms with E-state index in [1.807, 2.05) is 0 Å². The minimum Gasteiger partial charge on any atom is -0.425 e. The molecule has 100 valence electrons. The molecule has 0 saturated heterocycles. The summed E-state index contributed by atoms with van der Waals surface area (Å²) in [5.74, 6) is -0.0391. The van der Waals surface area contributed by atoms with Crippen molar-refractivity contribution in [3.8, 4) is 0 Å². The molecule has 0 radical (unpaired) electrons. The zero-order valence-electron chi connectivity index (χ0n) is 10.1. The number of pyridine rings is 1. The first-order valence-electron chi connectivity index (χ1n) is 5.66. The normalized spacial score (nSPS) is 10.7. The maximum atomic E-state index is 11.8. The summed E-state index contributed by atoms with van der Waals surface area (Å²) >= 11 is 5.87. The summed E-state index contributed by atoms with van der Waals surface area (Å²) in [7, 11) is 0. The highest BCUT2D eigenvalue weighted by Gasteiger charge is 2.18. The molecule has 20 heavy (non-hydrogen) atoms. The standard InChI is InChI=1S/C12H9ClN5O2/c13-8-3-4-10-11(6-8)17(19)12(16-18(10)20)15-9-2-1-5-14-7-9/h1-7,19H,(H,15,16,20)/q+1. The molecular formula is C12H9ClN5O2+. The molecule has 7 nitrogen and oxygen atoms in total. The largest absolute Gasteiger partial charge is 0.425 e. The van der Waals surface area contributed by atoms with Gasteiger partial charge in [0.05, 0.1) is 21.9 Å². The van der Waals surface area contributed by atoms with Crippen LogP contribution in [0.3, 0.4) is 0 Å². The maximum absolute atomic E-state index is 11.8. The molecule has 0 bridgehead atoms. The minimum atomic E-state index is -0.0391. The number of hydrogen-bond donors (Lipinski definition) is 2. The van der Waals surface area contributed by atoms with Crippen LogP contribution in [0.5, 0.6) is 0 Å². The van der Waals surface area contributed by atoms with Gasteiger partial charge in [-0.1, -0.05) is 11.6 Å². The number of nitrogens with one attached hydrogen (secondary N) is 1. The fourth-order valence-electron chi connectivity index (χ4n) is 1.77. The molecule has 0 unspecified atom stereocenters. The second-order valence-electron chi connectivity index (χ2n) is 4.01. The van der Waals surface area contributed by atoms with Crippen molar-refractivity contribution in [1.82, 2.24) is 14.8 Å². The molecule has 1 aromatic carbocycles. The molecule has 0 atom stereocenters. The van der Waals surface area contributed by atoms with E-state index in [-0.39, 0.29) is 17.0 Å². The van der Waals surface area contributed by atoms with Crippen molar-refractivity contribution in [1.29, 1.82) is 0 Å². The van der Waals surface area contributed by atoms with Crippen LogP contribution in [0.2, 0.25) is 5.02 Å². The van der Waals surface area contributed by atoms with Crippen LogP contribution < -0.4 is 9.86 Å². The highest BCUT2D eigenvalue weighted by Crippen LogP contribution is 2.19. The van der Waals surface area contributed by atoms with E-state index in [1.54, 1.807) is 30.6 Å².